The van der Waals surface area contributed by atoms with E-state index < -0.39 is 4.92 Å². The predicted molar refractivity (Wildman–Crippen MR) is 77.0 cm³/mol. The van der Waals surface area contributed by atoms with Gasteiger partial charge < -0.3 is 5.32 Å². The second-order valence-corrected chi connectivity index (χ2v) is 5.42. The fourth-order valence-corrected chi connectivity index (χ4v) is 2.36. The number of aromatic nitrogens is 1. The number of amides is 1. The summed E-state index contributed by atoms with van der Waals surface area (Å²) in [6, 6.07) is 4.69. The van der Waals surface area contributed by atoms with Crippen LogP contribution in [0, 0.1) is 24.0 Å². The lowest BCUT2D eigenvalue weighted by Crippen LogP contribution is -2.15. The van der Waals surface area contributed by atoms with Crippen LogP contribution in [0.15, 0.2) is 23.6 Å². The summed E-state index contributed by atoms with van der Waals surface area (Å²) in [6.45, 7) is 3.62. The summed E-state index contributed by atoms with van der Waals surface area (Å²) in [6.07, 6.45) is 0.107. The Balaban J connectivity index is 2.13. The summed E-state index contributed by atoms with van der Waals surface area (Å²) in [5.74, 6) is -0.317. The Hall–Kier alpha value is -2.28. The van der Waals surface area contributed by atoms with Crippen molar-refractivity contribution in [1.82, 2.24) is 4.98 Å². The average Bonchev–Trinajstić information content (AvgIpc) is 2.76. The molecule has 7 heteroatoms. The Morgan fingerprint density at radius 1 is 1.45 bits per heavy atom. The second-order valence-electron chi connectivity index (χ2n) is 4.36. The first-order valence-electron chi connectivity index (χ1n) is 5.91. The maximum Gasteiger partial charge on any atom is 0.293 e. The van der Waals surface area contributed by atoms with Crippen LogP contribution in [0.2, 0.25) is 0 Å². The summed E-state index contributed by atoms with van der Waals surface area (Å²) < 4.78 is 0. The molecule has 0 atom stereocenters. The van der Waals surface area contributed by atoms with Crippen LogP contribution in [0.3, 0.4) is 0 Å². The van der Waals surface area contributed by atoms with E-state index in [0.29, 0.717) is 5.69 Å². The first-order chi connectivity index (χ1) is 9.45. The molecule has 0 unspecified atom stereocenters. The highest BCUT2D eigenvalue weighted by Crippen LogP contribution is 2.25. The molecule has 0 saturated heterocycles. The molecule has 104 valence electrons. The van der Waals surface area contributed by atoms with Crippen LogP contribution in [0.4, 0.5) is 11.4 Å². The van der Waals surface area contributed by atoms with Crippen molar-refractivity contribution in [2.24, 2.45) is 0 Å². The van der Waals surface area contributed by atoms with Crippen LogP contribution in [0.5, 0.6) is 0 Å². The number of anilines is 1. The third-order valence-electron chi connectivity index (χ3n) is 2.63. The number of nitro groups is 1. The van der Waals surface area contributed by atoms with E-state index in [-0.39, 0.29) is 23.7 Å². The van der Waals surface area contributed by atoms with Crippen molar-refractivity contribution in [1.29, 1.82) is 0 Å². The van der Waals surface area contributed by atoms with E-state index >= 15 is 0 Å². The average molecular weight is 291 g/mol. The van der Waals surface area contributed by atoms with Crippen LogP contribution in [0.1, 0.15) is 16.3 Å². The molecule has 1 amide bonds. The van der Waals surface area contributed by atoms with Gasteiger partial charge in [-0.1, -0.05) is 6.07 Å². The minimum atomic E-state index is -0.504. The summed E-state index contributed by atoms with van der Waals surface area (Å²) in [7, 11) is 0. The van der Waals surface area contributed by atoms with Crippen molar-refractivity contribution in [2.45, 2.75) is 20.3 Å². The molecule has 0 aliphatic rings. The van der Waals surface area contributed by atoms with E-state index in [4.69, 9.17) is 0 Å². The molecule has 1 aromatic heterocycles. The van der Waals surface area contributed by atoms with Crippen LogP contribution in [0.25, 0.3) is 0 Å². The standard InChI is InChI=1S/C13H13N3O3S/c1-8-3-4-11(12(5-8)16(18)19)15-13(17)6-10-7-20-9(2)14-10/h3-5,7H,6H2,1-2H3,(H,15,17). The lowest BCUT2D eigenvalue weighted by atomic mass is 10.2. The molecule has 1 aromatic carbocycles. The number of carbonyl (C=O) groups excluding carboxylic acids is 1. The number of rotatable bonds is 4. The number of nitro benzene ring substituents is 1. The van der Waals surface area contributed by atoms with Gasteiger partial charge in [-0.15, -0.1) is 11.3 Å². The Morgan fingerprint density at radius 3 is 2.80 bits per heavy atom. The molecule has 20 heavy (non-hydrogen) atoms. The third kappa shape index (κ3) is 3.39. The van der Waals surface area contributed by atoms with Gasteiger partial charge in [-0.2, -0.15) is 0 Å². The van der Waals surface area contributed by atoms with Gasteiger partial charge in [0.2, 0.25) is 5.91 Å². The van der Waals surface area contributed by atoms with E-state index in [1.807, 2.05) is 6.92 Å². The number of hydrogen-bond donors (Lipinski definition) is 1. The van der Waals surface area contributed by atoms with E-state index in [2.05, 4.69) is 10.3 Å². The molecule has 1 heterocycles. The van der Waals surface area contributed by atoms with Gasteiger partial charge >= 0.3 is 0 Å². The molecule has 2 rings (SSSR count). The van der Waals surface area contributed by atoms with Crippen molar-refractivity contribution in [3.05, 3.63) is 50.0 Å². The van der Waals surface area contributed by atoms with E-state index in [1.54, 1.807) is 18.4 Å². The first kappa shape index (κ1) is 14.1. The van der Waals surface area contributed by atoms with Crippen molar-refractivity contribution in [2.75, 3.05) is 5.32 Å². The van der Waals surface area contributed by atoms with Crippen molar-refractivity contribution in [3.8, 4) is 0 Å². The summed E-state index contributed by atoms with van der Waals surface area (Å²) in [4.78, 5) is 26.5. The highest BCUT2D eigenvalue weighted by Gasteiger charge is 2.16. The summed E-state index contributed by atoms with van der Waals surface area (Å²) >= 11 is 1.46. The smallest absolute Gasteiger partial charge is 0.293 e. The molecular weight excluding hydrogens is 278 g/mol. The van der Waals surface area contributed by atoms with Crippen LogP contribution in [-0.4, -0.2) is 15.8 Å². The third-order valence-corrected chi connectivity index (χ3v) is 3.45. The summed E-state index contributed by atoms with van der Waals surface area (Å²) in [5, 5.41) is 16.2. The maximum atomic E-state index is 11.9. The quantitative estimate of drug-likeness (QED) is 0.693. The number of hydrogen-bond acceptors (Lipinski definition) is 5. The van der Waals surface area contributed by atoms with Crippen LogP contribution < -0.4 is 5.32 Å². The molecule has 0 fully saturated rings. The van der Waals surface area contributed by atoms with Crippen molar-refractivity contribution < 1.29 is 9.72 Å². The van der Waals surface area contributed by atoms with Gasteiger partial charge in [0.05, 0.1) is 22.0 Å². The number of thiazole rings is 1. The van der Waals surface area contributed by atoms with Crippen LogP contribution >= 0.6 is 11.3 Å². The number of aryl methyl sites for hydroxylation is 2. The van der Waals surface area contributed by atoms with Crippen molar-refractivity contribution >= 4 is 28.6 Å². The van der Waals surface area contributed by atoms with E-state index in [1.165, 1.54) is 23.5 Å². The zero-order valence-electron chi connectivity index (χ0n) is 11.0. The number of nitrogens with zero attached hydrogens (tertiary/aromatic N) is 2. The Morgan fingerprint density at radius 2 is 2.20 bits per heavy atom. The zero-order chi connectivity index (χ0) is 14.7. The topological polar surface area (TPSA) is 85.1 Å². The SMILES string of the molecule is Cc1ccc(NC(=O)Cc2csc(C)n2)c([N+](=O)[O-])c1. The maximum absolute atomic E-state index is 11.9. The van der Waals surface area contributed by atoms with Gasteiger partial charge in [-0.3, -0.25) is 14.9 Å². The minimum Gasteiger partial charge on any atom is -0.320 e. The molecule has 0 aliphatic heterocycles. The Bertz CT molecular complexity index is 667. The molecule has 0 spiro atoms. The first-order valence-corrected chi connectivity index (χ1v) is 6.79. The highest BCUT2D eigenvalue weighted by molar-refractivity contribution is 7.09. The molecule has 0 bridgehead atoms. The second kappa shape index (κ2) is 5.79. The van der Waals surface area contributed by atoms with Gasteiger partial charge in [-0.05, 0) is 25.5 Å². The molecule has 1 N–H and O–H groups in total. The number of carbonyl (C=O) groups is 1. The normalized spacial score (nSPS) is 10.3. The molecule has 0 radical (unpaired) electrons. The molecule has 2 aromatic rings. The molecular formula is C13H13N3O3S. The number of nitrogens with one attached hydrogen (secondary N) is 1. The van der Waals surface area contributed by atoms with Crippen molar-refractivity contribution in [3.63, 3.8) is 0 Å². The zero-order valence-corrected chi connectivity index (χ0v) is 11.9. The van der Waals surface area contributed by atoms with Gasteiger partial charge in [0.15, 0.2) is 0 Å². The van der Waals surface area contributed by atoms with Gasteiger partial charge in [-0.25, -0.2) is 4.98 Å². The fraction of sp³-hybridized carbons (Fsp3) is 0.231. The molecule has 6 nitrogen and oxygen atoms in total. The Kier molecular flexibility index (Phi) is 4.09. The van der Waals surface area contributed by atoms with Gasteiger partial charge in [0.1, 0.15) is 5.69 Å². The lowest BCUT2D eigenvalue weighted by Gasteiger charge is -2.05. The molecule has 0 saturated carbocycles. The van der Waals surface area contributed by atoms with Gasteiger partial charge in [0, 0.05) is 11.4 Å². The van der Waals surface area contributed by atoms with Crippen LogP contribution in [-0.2, 0) is 11.2 Å². The lowest BCUT2D eigenvalue weighted by molar-refractivity contribution is -0.384. The van der Waals surface area contributed by atoms with E-state index in [9.17, 15) is 14.9 Å². The van der Waals surface area contributed by atoms with Gasteiger partial charge in [0.25, 0.3) is 5.69 Å². The van der Waals surface area contributed by atoms with E-state index in [0.717, 1.165) is 10.6 Å². The molecule has 0 aliphatic carbocycles. The fourth-order valence-electron chi connectivity index (χ4n) is 1.75. The minimum absolute atomic E-state index is 0.104. The highest BCUT2D eigenvalue weighted by atomic mass is 32.1. The number of benzene rings is 1. The summed E-state index contributed by atoms with van der Waals surface area (Å²) in [5.41, 5.74) is 1.54. The largest absolute Gasteiger partial charge is 0.320 e. The predicted octanol–water partition coefficient (Wildman–Crippen LogP) is 2.85. The Labute approximate surface area is 119 Å². The monoisotopic (exact) mass is 291 g/mol.